The van der Waals surface area contributed by atoms with Crippen molar-refractivity contribution < 1.29 is 19.4 Å². The Morgan fingerprint density at radius 2 is 1.94 bits per heavy atom. The van der Waals surface area contributed by atoms with Gasteiger partial charge in [0.1, 0.15) is 0 Å². The molecule has 1 aliphatic heterocycles. The highest BCUT2D eigenvalue weighted by Crippen LogP contribution is 2.05. The van der Waals surface area contributed by atoms with E-state index in [2.05, 4.69) is 0 Å². The normalized spacial score (nSPS) is 17.6. The molecule has 0 bridgehead atoms. The number of ether oxygens (including phenoxy) is 1. The molecule has 0 aromatic rings. The molecule has 0 aromatic heterocycles. The maximum Gasteiger partial charge on any atom is 0.409 e. The molecule has 6 heteroatoms. The van der Waals surface area contributed by atoms with Gasteiger partial charge in [-0.1, -0.05) is 13.8 Å². The molecule has 1 amide bonds. The molecule has 0 aliphatic carbocycles. The van der Waals surface area contributed by atoms with Crippen molar-refractivity contribution >= 4 is 12.1 Å². The summed E-state index contributed by atoms with van der Waals surface area (Å²) in [6.45, 7) is 6.90. The van der Waals surface area contributed by atoms with Crippen LogP contribution in [0.4, 0.5) is 4.79 Å². The van der Waals surface area contributed by atoms with Crippen molar-refractivity contribution in [3.8, 4) is 0 Å². The number of hydrogen-bond donors (Lipinski definition) is 1. The van der Waals surface area contributed by atoms with E-state index in [1.54, 1.807) is 4.90 Å². The first-order valence-electron chi connectivity index (χ1n) is 6.35. The van der Waals surface area contributed by atoms with Gasteiger partial charge in [-0.05, 0) is 12.3 Å². The van der Waals surface area contributed by atoms with E-state index in [-0.39, 0.29) is 12.6 Å². The van der Waals surface area contributed by atoms with Gasteiger partial charge in [0, 0.05) is 26.2 Å². The Bertz CT molecular complexity index is 294. The summed E-state index contributed by atoms with van der Waals surface area (Å²) in [5, 5.41) is 8.73. The van der Waals surface area contributed by atoms with Gasteiger partial charge in [0.05, 0.1) is 13.2 Å². The molecule has 1 rings (SSSR count). The number of aliphatic carboxylic acids is 1. The van der Waals surface area contributed by atoms with Crippen molar-refractivity contribution in [1.29, 1.82) is 0 Å². The molecule has 1 N–H and O–H groups in total. The highest BCUT2D eigenvalue weighted by atomic mass is 16.6. The van der Waals surface area contributed by atoms with E-state index in [4.69, 9.17) is 9.84 Å². The van der Waals surface area contributed by atoms with Crippen molar-refractivity contribution in [3.05, 3.63) is 0 Å². The average molecular weight is 258 g/mol. The minimum Gasteiger partial charge on any atom is -0.480 e. The Balaban J connectivity index is 2.36. The number of hydrogen-bond acceptors (Lipinski definition) is 4. The first-order valence-corrected chi connectivity index (χ1v) is 6.35. The SMILES string of the molecule is CC(C)COC(=O)N1CCCN(CC(=O)O)CC1. The fourth-order valence-electron chi connectivity index (χ4n) is 1.83. The van der Waals surface area contributed by atoms with Crippen LogP contribution in [0.15, 0.2) is 0 Å². The fraction of sp³-hybridized carbons (Fsp3) is 0.833. The van der Waals surface area contributed by atoms with Gasteiger partial charge in [-0.2, -0.15) is 0 Å². The standard InChI is InChI=1S/C12H22N2O4/c1-10(2)9-18-12(17)14-5-3-4-13(6-7-14)8-11(15)16/h10H,3-9H2,1-2H3,(H,15,16). The second kappa shape index (κ2) is 7.20. The summed E-state index contributed by atoms with van der Waals surface area (Å²) in [4.78, 5) is 25.9. The third kappa shape index (κ3) is 5.35. The Morgan fingerprint density at radius 1 is 1.22 bits per heavy atom. The van der Waals surface area contributed by atoms with Crippen molar-refractivity contribution in [1.82, 2.24) is 9.80 Å². The maximum absolute atomic E-state index is 11.8. The van der Waals surface area contributed by atoms with Gasteiger partial charge >= 0.3 is 12.1 Å². The molecule has 1 saturated heterocycles. The summed E-state index contributed by atoms with van der Waals surface area (Å²) in [5.41, 5.74) is 0. The number of carbonyl (C=O) groups is 2. The largest absolute Gasteiger partial charge is 0.480 e. The van der Waals surface area contributed by atoms with E-state index in [9.17, 15) is 9.59 Å². The van der Waals surface area contributed by atoms with Gasteiger partial charge in [0.15, 0.2) is 0 Å². The number of nitrogens with zero attached hydrogens (tertiary/aromatic N) is 2. The van der Waals surface area contributed by atoms with Crippen LogP contribution in [0.3, 0.4) is 0 Å². The lowest BCUT2D eigenvalue weighted by Crippen LogP contribution is -2.37. The lowest BCUT2D eigenvalue weighted by Gasteiger charge is -2.21. The van der Waals surface area contributed by atoms with Crippen LogP contribution in [0, 0.1) is 5.92 Å². The molecule has 1 heterocycles. The predicted molar refractivity (Wildman–Crippen MR) is 66.5 cm³/mol. The van der Waals surface area contributed by atoms with Crippen LogP contribution in [-0.4, -0.2) is 66.3 Å². The van der Waals surface area contributed by atoms with Gasteiger partial charge in [0.2, 0.25) is 0 Å². The molecule has 6 nitrogen and oxygen atoms in total. The van der Waals surface area contributed by atoms with Gasteiger partial charge in [0.25, 0.3) is 0 Å². The monoisotopic (exact) mass is 258 g/mol. The average Bonchev–Trinajstić information content (AvgIpc) is 2.50. The van der Waals surface area contributed by atoms with Gasteiger partial charge < -0.3 is 14.7 Å². The van der Waals surface area contributed by atoms with Crippen LogP contribution in [0.2, 0.25) is 0 Å². The molecule has 0 spiro atoms. The zero-order chi connectivity index (χ0) is 13.5. The number of carbonyl (C=O) groups excluding carboxylic acids is 1. The van der Waals surface area contributed by atoms with Gasteiger partial charge in [-0.3, -0.25) is 9.69 Å². The third-order valence-corrected chi connectivity index (χ3v) is 2.75. The molecule has 0 radical (unpaired) electrons. The Morgan fingerprint density at radius 3 is 2.56 bits per heavy atom. The van der Waals surface area contributed by atoms with Crippen LogP contribution in [0.1, 0.15) is 20.3 Å². The summed E-state index contributed by atoms with van der Waals surface area (Å²) >= 11 is 0. The number of amides is 1. The lowest BCUT2D eigenvalue weighted by atomic mass is 10.2. The minimum absolute atomic E-state index is 0.0366. The van der Waals surface area contributed by atoms with Crippen LogP contribution in [0.5, 0.6) is 0 Å². The van der Waals surface area contributed by atoms with Crippen molar-refractivity contribution in [2.24, 2.45) is 5.92 Å². The van der Waals surface area contributed by atoms with Crippen LogP contribution < -0.4 is 0 Å². The van der Waals surface area contributed by atoms with Crippen LogP contribution in [0.25, 0.3) is 0 Å². The second-order valence-corrected chi connectivity index (χ2v) is 4.98. The maximum atomic E-state index is 11.8. The van der Waals surface area contributed by atoms with Crippen LogP contribution >= 0.6 is 0 Å². The molecule has 0 unspecified atom stereocenters. The number of carboxylic acids is 1. The lowest BCUT2D eigenvalue weighted by molar-refractivity contribution is -0.138. The molecule has 18 heavy (non-hydrogen) atoms. The summed E-state index contributed by atoms with van der Waals surface area (Å²) < 4.78 is 5.17. The summed E-state index contributed by atoms with van der Waals surface area (Å²) in [7, 11) is 0. The Kier molecular flexibility index (Phi) is 5.91. The van der Waals surface area contributed by atoms with E-state index in [0.717, 1.165) is 6.42 Å². The molecular weight excluding hydrogens is 236 g/mol. The zero-order valence-corrected chi connectivity index (χ0v) is 11.1. The highest BCUT2D eigenvalue weighted by molar-refractivity contribution is 5.69. The molecular formula is C12H22N2O4. The second-order valence-electron chi connectivity index (χ2n) is 4.98. The topological polar surface area (TPSA) is 70.1 Å². The summed E-state index contributed by atoms with van der Waals surface area (Å²) in [6, 6.07) is 0. The predicted octanol–water partition coefficient (Wildman–Crippen LogP) is 0.871. The molecule has 1 fully saturated rings. The molecule has 1 aliphatic rings. The fourth-order valence-corrected chi connectivity index (χ4v) is 1.83. The van der Waals surface area contributed by atoms with Crippen molar-refractivity contribution in [2.45, 2.75) is 20.3 Å². The molecule has 104 valence electrons. The first-order chi connectivity index (χ1) is 8.49. The van der Waals surface area contributed by atoms with E-state index in [1.165, 1.54) is 0 Å². The molecule has 0 saturated carbocycles. The van der Waals surface area contributed by atoms with Crippen LogP contribution in [-0.2, 0) is 9.53 Å². The van der Waals surface area contributed by atoms with Gasteiger partial charge in [-0.15, -0.1) is 0 Å². The molecule has 0 aromatic carbocycles. The Labute approximate surface area is 107 Å². The van der Waals surface area contributed by atoms with E-state index in [1.807, 2.05) is 18.7 Å². The smallest absolute Gasteiger partial charge is 0.409 e. The number of carboxylic acid groups (broad SMARTS) is 1. The van der Waals surface area contributed by atoms with E-state index >= 15 is 0 Å². The minimum atomic E-state index is -0.828. The number of rotatable bonds is 4. The third-order valence-electron chi connectivity index (χ3n) is 2.75. The van der Waals surface area contributed by atoms with Crippen molar-refractivity contribution in [3.63, 3.8) is 0 Å². The quantitative estimate of drug-likeness (QED) is 0.810. The van der Waals surface area contributed by atoms with E-state index < -0.39 is 5.97 Å². The first kappa shape index (κ1) is 14.8. The summed E-state index contributed by atoms with van der Waals surface area (Å²) in [5.74, 6) is -0.504. The molecule has 0 atom stereocenters. The van der Waals surface area contributed by atoms with E-state index in [0.29, 0.717) is 38.7 Å². The highest BCUT2D eigenvalue weighted by Gasteiger charge is 2.21. The Hall–Kier alpha value is -1.30. The zero-order valence-electron chi connectivity index (χ0n) is 11.1. The summed E-state index contributed by atoms with van der Waals surface area (Å²) in [6.07, 6.45) is 0.491. The van der Waals surface area contributed by atoms with Crippen molar-refractivity contribution in [2.75, 3.05) is 39.3 Å². The van der Waals surface area contributed by atoms with Gasteiger partial charge in [-0.25, -0.2) is 4.79 Å².